The highest BCUT2D eigenvalue weighted by atomic mass is 79.9. The number of nitro benzene ring substituents is 1. The van der Waals surface area contributed by atoms with Crippen molar-refractivity contribution in [1.82, 2.24) is 5.43 Å². The average Bonchev–Trinajstić information content (AvgIpc) is 2.82. The van der Waals surface area contributed by atoms with Crippen LogP contribution >= 0.6 is 15.9 Å². The van der Waals surface area contributed by atoms with E-state index in [1.54, 1.807) is 25.1 Å². The van der Waals surface area contributed by atoms with Gasteiger partial charge in [-0.2, -0.15) is 5.10 Å². The quantitative estimate of drug-likeness (QED) is 0.267. The highest BCUT2D eigenvalue weighted by Crippen LogP contribution is 2.31. The Morgan fingerprint density at radius 3 is 2.27 bits per heavy atom. The van der Waals surface area contributed by atoms with E-state index in [-0.39, 0.29) is 10.6 Å². The molecule has 0 aliphatic carbocycles. The van der Waals surface area contributed by atoms with Gasteiger partial charge in [-0.1, -0.05) is 58.4 Å². The highest BCUT2D eigenvalue weighted by Gasteiger charge is 2.31. The van der Waals surface area contributed by atoms with Crippen molar-refractivity contribution in [2.75, 3.05) is 10.8 Å². The van der Waals surface area contributed by atoms with E-state index in [2.05, 4.69) is 26.5 Å². The van der Waals surface area contributed by atoms with Crippen molar-refractivity contribution < 1.29 is 18.1 Å². The summed E-state index contributed by atoms with van der Waals surface area (Å²) in [5.74, 6) is -0.760. The molecule has 0 heterocycles. The molecule has 33 heavy (non-hydrogen) atoms. The Hall–Kier alpha value is -3.57. The van der Waals surface area contributed by atoms with Crippen LogP contribution in [0.5, 0.6) is 0 Å². The van der Waals surface area contributed by atoms with Crippen LogP contribution in [-0.2, 0) is 14.8 Å². The van der Waals surface area contributed by atoms with E-state index in [1.165, 1.54) is 48.5 Å². The summed E-state index contributed by atoms with van der Waals surface area (Å²) in [4.78, 5) is 23.4. The number of nitro groups is 1. The number of sulfonamides is 1. The number of nitrogens with zero attached hydrogens (tertiary/aromatic N) is 3. The maximum absolute atomic E-state index is 13.3. The number of hydrogen-bond acceptors (Lipinski definition) is 6. The molecule has 0 radical (unpaired) electrons. The largest absolute Gasteiger partial charge is 0.293 e. The Bertz CT molecular complexity index is 1300. The molecule has 0 fully saturated rings. The van der Waals surface area contributed by atoms with Crippen molar-refractivity contribution in [1.29, 1.82) is 0 Å². The van der Waals surface area contributed by atoms with Gasteiger partial charge in [0.1, 0.15) is 12.2 Å². The van der Waals surface area contributed by atoms with Gasteiger partial charge in [0.25, 0.3) is 21.6 Å². The SMILES string of the molecule is C/C(=N/NC(=O)CN(c1ccccc1[N+](=O)[O-])S(=O)(=O)c1ccccc1)c1ccc(Br)cc1. The molecule has 0 spiro atoms. The molecule has 0 aromatic heterocycles. The molecular formula is C22H19BrN4O5S. The molecule has 0 atom stereocenters. The number of anilines is 1. The lowest BCUT2D eigenvalue weighted by Crippen LogP contribution is -2.40. The van der Waals surface area contributed by atoms with Gasteiger partial charge in [0.15, 0.2) is 0 Å². The van der Waals surface area contributed by atoms with Gasteiger partial charge >= 0.3 is 0 Å². The lowest BCUT2D eigenvalue weighted by Gasteiger charge is -2.23. The number of hydrogen-bond donors (Lipinski definition) is 1. The third kappa shape index (κ3) is 5.82. The summed E-state index contributed by atoms with van der Waals surface area (Å²) in [6, 6.07) is 20.0. The van der Waals surface area contributed by atoms with Gasteiger partial charge in [0.05, 0.1) is 15.5 Å². The number of carbonyl (C=O) groups excluding carboxylic acids is 1. The fourth-order valence-corrected chi connectivity index (χ4v) is 4.64. The van der Waals surface area contributed by atoms with E-state index < -0.39 is 33.1 Å². The van der Waals surface area contributed by atoms with Crippen LogP contribution in [0, 0.1) is 10.1 Å². The second-order valence-corrected chi connectivity index (χ2v) is 9.59. The van der Waals surface area contributed by atoms with Crippen LogP contribution in [0.3, 0.4) is 0 Å². The maximum Gasteiger partial charge on any atom is 0.293 e. The van der Waals surface area contributed by atoms with Crippen LogP contribution in [-0.4, -0.2) is 31.5 Å². The highest BCUT2D eigenvalue weighted by molar-refractivity contribution is 9.10. The number of para-hydroxylation sites is 2. The molecule has 3 aromatic rings. The number of halogens is 1. The minimum atomic E-state index is -4.29. The number of rotatable bonds is 8. The van der Waals surface area contributed by atoms with Crippen molar-refractivity contribution in [2.24, 2.45) is 5.10 Å². The fraction of sp³-hybridized carbons (Fsp3) is 0.0909. The Labute approximate surface area is 199 Å². The van der Waals surface area contributed by atoms with Gasteiger partial charge < -0.3 is 0 Å². The molecule has 3 aromatic carbocycles. The molecule has 0 saturated carbocycles. The van der Waals surface area contributed by atoms with Crippen molar-refractivity contribution in [2.45, 2.75) is 11.8 Å². The number of benzene rings is 3. The Balaban J connectivity index is 1.94. The Morgan fingerprint density at radius 2 is 1.64 bits per heavy atom. The summed E-state index contributed by atoms with van der Waals surface area (Å²) in [5.41, 5.74) is 2.91. The third-order valence-corrected chi connectivity index (χ3v) is 6.88. The molecule has 3 rings (SSSR count). The summed E-state index contributed by atoms with van der Waals surface area (Å²) in [6.07, 6.45) is 0. The second kappa shape index (κ2) is 10.4. The van der Waals surface area contributed by atoms with E-state index in [0.29, 0.717) is 10.0 Å². The van der Waals surface area contributed by atoms with E-state index >= 15 is 0 Å². The first-order chi connectivity index (χ1) is 15.7. The van der Waals surface area contributed by atoms with Crippen LogP contribution in [0.15, 0.2) is 93.3 Å². The molecule has 170 valence electrons. The number of nitrogens with one attached hydrogen (secondary N) is 1. The van der Waals surface area contributed by atoms with Crippen molar-refractivity contribution in [3.8, 4) is 0 Å². The number of hydrazone groups is 1. The molecule has 1 amide bonds. The number of carbonyl (C=O) groups is 1. The average molecular weight is 531 g/mol. The van der Waals surface area contributed by atoms with Gasteiger partial charge in [-0.25, -0.2) is 18.1 Å². The lowest BCUT2D eigenvalue weighted by atomic mass is 10.1. The summed E-state index contributed by atoms with van der Waals surface area (Å²) in [7, 11) is -4.29. The van der Waals surface area contributed by atoms with E-state index in [4.69, 9.17) is 0 Å². The predicted octanol–water partition coefficient (Wildman–Crippen LogP) is 4.09. The molecule has 0 aliphatic heterocycles. The smallest absolute Gasteiger partial charge is 0.271 e. The molecule has 0 aliphatic rings. The normalized spacial score (nSPS) is 11.6. The second-order valence-electron chi connectivity index (χ2n) is 6.81. The van der Waals surface area contributed by atoms with Crippen molar-refractivity contribution >= 4 is 48.9 Å². The monoisotopic (exact) mass is 530 g/mol. The van der Waals surface area contributed by atoms with Crippen LogP contribution in [0.2, 0.25) is 0 Å². The first kappa shape index (κ1) is 24.1. The predicted molar refractivity (Wildman–Crippen MR) is 129 cm³/mol. The van der Waals surface area contributed by atoms with E-state index in [1.807, 2.05) is 12.1 Å². The van der Waals surface area contributed by atoms with Crippen LogP contribution in [0.1, 0.15) is 12.5 Å². The van der Waals surface area contributed by atoms with E-state index in [0.717, 1.165) is 10.0 Å². The van der Waals surface area contributed by atoms with Gasteiger partial charge in [-0.05, 0) is 42.8 Å². The summed E-state index contributed by atoms with van der Waals surface area (Å²) in [5, 5.41) is 15.6. The third-order valence-electron chi connectivity index (χ3n) is 4.58. The van der Waals surface area contributed by atoms with Crippen LogP contribution in [0.25, 0.3) is 0 Å². The minimum Gasteiger partial charge on any atom is -0.271 e. The summed E-state index contributed by atoms with van der Waals surface area (Å²) in [6.45, 7) is 0.975. The van der Waals surface area contributed by atoms with Gasteiger partial charge in [0, 0.05) is 10.5 Å². The molecular weight excluding hydrogens is 512 g/mol. The Morgan fingerprint density at radius 1 is 1.03 bits per heavy atom. The molecule has 0 unspecified atom stereocenters. The fourth-order valence-electron chi connectivity index (χ4n) is 2.92. The molecule has 9 nitrogen and oxygen atoms in total. The van der Waals surface area contributed by atoms with Crippen LogP contribution in [0.4, 0.5) is 11.4 Å². The summed E-state index contributed by atoms with van der Waals surface area (Å²) < 4.78 is 28.2. The van der Waals surface area contributed by atoms with Crippen LogP contribution < -0.4 is 9.73 Å². The first-order valence-corrected chi connectivity index (χ1v) is 11.8. The Kier molecular flexibility index (Phi) is 7.56. The number of amides is 1. The molecule has 11 heteroatoms. The first-order valence-electron chi connectivity index (χ1n) is 9.60. The zero-order valence-electron chi connectivity index (χ0n) is 17.4. The zero-order chi connectivity index (χ0) is 24.0. The standard InChI is InChI=1S/C22H19BrN4O5S/c1-16(17-11-13-18(23)14-12-17)24-25-22(28)15-26(20-9-5-6-10-21(20)27(29)30)33(31,32)19-7-3-2-4-8-19/h2-14H,15H2,1H3,(H,25,28)/b24-16-. The van der Waals surface area contributed by atoms with Gasteiger partial charge in [-0.15, -0.1) is 0 Å². The molecule has 0 bridgehead atoms. The topological polar surface area (TPSA) is 122 Å². The van der Waals surface area contributed by atoms with Crippen molar-refractivity contribution in [3.63, 3.8) is 0 Å². The van der Waals surface area contributed by atoms with E-state index in [9.17, 15) is 23.3 Å². The lowest BCUT2D eigenvalue weighted by molar-refractivity contribution is -0.384. The van der Waals surface area contributed by atoms with Gasteiger partial charge in [0.2, 0.25) is 0 Å². The van der Waals surface area contributed by atoms with Crippen molar-refractivity contribution in [3.05, 3.63) is 99.0 Å². The summed E-state index contributed by atoms with van der Waals surface area (Å²) >= 11 is 3.34. The molecule has 1 N–H and O–H groups in total. The minimum absolute atomic E-state index is 0.106. The zero-order valence-corrected chi connectivity index (χ0v) is 19.8. The van der Waals surface area contributed by atoms with Gasteiger partial charge in [-0.3, -0.25) is 14.9 Å². The maximum atomic E-state index is 13.3. The molecule has 0 saturated heterocycles.